The molecule has 0 fully saturated rings. The summed E-state index contributed by atoms with van der Waals surface area (Å²) in [4.78, 5) is 42.5. The standard InChI is InChI=1S/C46H87F3N2O5/c1-7-11-15-19-28-40(26-13-9-3)38-55-44(53)33-23-17-21-30-42(51(37-36-50(5)6)43(52)32-25-35-46(47,48)49)31-22-18-24-34-45(54)56-39-41(27-14-10-4)29-20-16-12-8-2/h40-42H,7-39H2,1-6H3. The number of carbonyl (C=O) groups is 3. The molecule has 0 rings (SSSR count). The topological polar surface area (TPSA) is 76.2 Å². The molecule has 0 aliphatic rings. The van der Waals surface area contributed by atoms with Crippen LogP contribution in [0.1, 0.15) is 214 Å². The van der Waals surface area contributed by atoms with Crippen molar-refractivity contribution in [3.05, 3.63) is 0 Å². The first kappa shape index (κ1) is 54.2. The Labute approximate surface area is 342 Å². The highest BCUT2D eigenvalue weighted by atomic mass is 19.4. The first-order valence-corrected chi connectivity index (χ1v) is 23.2. The molecule has 0 aliphatic heterocycles. The first-order chi connectivity index (χ1) is 26.9. The molecule has 0 aromatic rings. The molecule has 0 radical (unpaired) electrons. The van der Waals surface area contributed by atoms with Gasteiger partial charge in [-0.2, -0.15) is 13.2 Å². The Morgan fingerprint density at radius 3 is 1.32 bits per heavy atom. The molecule has 0 aromatic carbocycles. The van der Waals surface area contributed by atoms with E-state index in [1.807, 2.05) is 23.9 Å². The van der Waals surface area contributed by atoms with E-state index < -0.39 is 12.6 Å². The van der Waals surface area contributed by atoms with Gasteiger partial charge >= 0.3 is 18.1 Å². The largest absolute Gasteiger partial charge is 0.465 e. The Morgan fingerprint density at radius 1 is 0.500 bits per heavy atom. The maximum Gasteiger partial charge on any atom is 0.389 e. The smallest absolute Gasteiger partial charge is 0.389 e. The van der Waals surface area contributed by atoms with E-state index in [2.05, 4.69) is 27.7 Å². The van der Waals surface area contributed by atoms with Crippen molar-refractivity contribution in [1.82, 2.24) is 9.80 Å². The Hall–Kier alpha value is -1.84. The van der Waals surface area contributed by atoms with Crippen LogP contribution >= 0.6 is 0 Å². The summed E-state index contributed by atoms with van der Waals surface area (Å²) in [5, 5.41) is 0. The van der Waals surface area contributed by atoms with Crippen LogP contribution in [0.4, 0.5) is 13.2 Å². The maximum absolute atomic E-state index is 13.4. The van der Waals surface area contributed by atoms with E-state index in [-0.39, 0.29) is 36.7 Å². The number of esters is 2. The van der Waals surface area contributed by atoms with Crippen molar-refractivity contribution >= 4 is 17.8 Å². The van der Waals surface area contributed by atoms with Crippen molar-refractivity contribution in [3.8, 4) is 0 Å². The highest BCUT2D eigenvalue weighted by molar-refractivity contribution is 5.76. The van der Waals surface area contributed by atoms with Crippen LogP contribution in [-0.4, -0.2) is 80.3 Å². The molecule has 2 unspecified atom stereocenters. The van der Waals surface area contributed by atoms with Crippen LogP contribution in [-0.2, 0) is 23.9 Å². The van der Waals surface area contributed by atoms with Crippen LogP contribution in [0.2, 0.25) is 0 Å². The van der Waals surface area contributed by atoms with E-state index >= 15 is 0 Å². The number of hydrogen-bond acceptors (Lipinski definition) is 6. The first-order valence-electron chi connectivity index (χ1n) is 23.2. The summed E-state index contributed by atoms with van der Waals surface area (Å²) in [5.74, 6) is 0.332. The van der Waals surface area contributed by atoms with Gasteiger partial charge < -0.3 is 19.3 Å². The van der Waals surface area contributed by atoms with Crippen LogP contribution in [0.25, 0.3) is 0 Å². The zero-order valence-corrected chi connectivity index (χ0v) is 37.1. The third kappa shape index (κ3) is 33.2. The van der Waals surface area contributed by atoms with Crippen molar-refractivity contribution in [2.75, 3.05) is 40.4 Å². The Balaban J connectivity index is 5.18. The van der Waals surface area contributed by atoms with E-state index in [0.29, 0.717) is 63.8 Å². The molecule has 0 saturated heterocycles. The lowest BCUT2D eigenvalue weighted by molar-refractivity contribution is -0.146. The fraction of sp³-hybridized carbons (Fsp3) is 0.935. The fourth-order valence-electron chi connectivity index (χ4n) is 7.40. The van der Waals surface area contributed by atoms with Gasteiger partial charge in [-0.15, -0.1) is 0 Å². The highest BCUT2D eigenvalue weighted by Gasteiger charge is 2.29. The highest BCUT2D eigenvalue weighted by Crippen LogP contribution is 2.25. The minimum atomic E-state index is -4.29. The Bertz CT molecular complexity index is 898. The summed E-state index contributed by atoms with van der Waals surface area (Å²) < 4.78 is 50.3. The lowest BCUT2D eigenvalue weighted by atomic mass is 9.96. The zero-order valence-electron chi connectivity index (χ0n) is 37.1. The number of nitrogens with zero attached hydrogens (tertiary/aromatic N) is 2. The quantitative estimate of drug-likeness (QED) is 0.0455. The van der Waals surface area contributed by atoms with Gasteiger partial charge in [0, 0.05) is 44.8 Å². The number of unbranched alkanes of at least 4 members (excludes halogenated alkanes) is 12. The van der Waals surface area contributed by atoms with Gasteiger partial charge in [0.05, 0.1) is 13.2 Å². The molecule has 0 aliphatic carbocycles. The average molecular weight is 805 g/mol. The van der Waals surface area contributed by atoms with Crippen LogP contribution in [0.15, 0.2) is 0 Å². The van der Waals surface area contributed by atoms with Crippen LogP contribution in [0, 0.1) is 11.8 Å². The Morgan fingerprint density at radius 2 is 0.911 bits per heavy atom. The Kier molecular flexibility index (Phi) is 35.1. The summed E-state index contributed by atoms with van der Waals surface area (Å²) in [5.41, 5.74) is 0. The van der Waals surface area contributed by atoms with E-state index in [0.717, 1.165) is 89.9 Å². The number of alkyl halides is 3. The lowest BCUT2D eigenvalue weighted by Gasteiger charge is -2.33. The summed E-state index contributed by atoms with van der Waals surface area (Å²) in [7, 11) is 3.85. The normalized spacial score (nSPS) is 13.5. The average Bonchev–Trinajstić information content (AvgIpc) is 3.15. The van der Waals surface area contributed by atoms with E-state index in [1.165, 1.54) is 51.4 Å². The van der Waals surface area contributed by atoms with Crippen molar-refractivity contribution in [3.63, 3.8) is 0 Å². The van der Waals surface area contributed by atoms with Gasteiger partial charge in [-0.1, -0.05) is 130 Å². The van der Waals surface area contributed by atoms with Crippen molar-refractivity contribution in [1.29, 1.82) is 0 Å². The second kappa shape index (κ2) is 36.3. The third-order valence-electron chi connectivity index (χ3n) is 11.1. The molecule has 0 aromatic heterocycles. The van der Waals surface area contributed by atoms with Crippen LogP contribution in [0.3, 0.4) is 0 Å². The number of ether oxygens (including phenoxy) is 2. The van der Waals surface area contributed by atoms with Gasteiger partial charge in [0.2, 0.25) is 5.91 Å². The minimum Gasteiger partial charge on any atom is -0.465 e. The molecule has 56 heavy (non-hydrogen) atoms. The number of rotatable bonds is 39. The predicted molar refractivity (Wildman–Crippen MR) is 226 cm³/mol. The SMILES string of the molecule is CCCCCCC(CCCC)COC(=O)CCCCCC(CCCCCC(=O)OCC(CCCC)CCCCCC)N(CCN(C)C)C(=O)CCCC(F)(F)F. The van der Waals surface area contributed by atoms with Gasteiger partial charge in [0.15, 0.2) is 0 Å². The number of likely N-dealkylation sites (N-methyl/N-ethyl adjacent to an activating group) is 1. The summed E-state index contributed by atoms with van der Waals surface area (Å²) >= 11 is 0. The van der Waals surface area contributed by atoms with Gasteiger partial charge in [0.25, 0.3) is 0 Å². The van der Waals surface area contributed by atoms with Gasteiger partial charge in [-0.25, -0.2) is 0 Å². The minimum absolute atomic E-state index is 0.105. The van der Waals surface area contributed by atoms with Crippen LogP contribution < -0.4 is 0 Å². The van der Waals surface area contributed by atoms with E-state index in [9.17, 15) is 27.6 Å². The second-order valence-electron chi connectivity index (χ2n) is 16.8. The molecular weight excluding hydrogens is 718 g/mol. The third-order valence-corrected chi connectivity index (χ3v) is 11.1. The predicted octanol–water partition coefficient (Wildman–Crippen LogP) is 13.0. The van der Waals surface area contributed by atoms with Gasteiger partial charge in [0.1, 0.15) is 0 Å². The zero-order chi connectivity index (χ0) is 41.9. The molecule has 332 valence electrons. The molecule has 0 heterocycles. The molecule has 0 saturated carbocycles. The van der Waals surface area contributed by atoms with Crippen molar-refractivity contribution < 1.29 is 37.0 Å². The van der Waals surface area contributed by atoms with Crippen LogP contribution in [0.5, 0.6) is 0 Å². The monoisotopic (exact) mass is 805 g/mol. The molecule has 2 atom stereocenters. The lowest BCUT2D eigenvalue weighted by Crippen LogP contribution is -2.44. The second-order valence-corrected chi connectivity index (χ2v) is 16.8. The number of halogens is 3. The molecule has 7 nitrogen and oxygen atoms in total. The van der Waals surface area contributed by atoms with Crippen molar-refractivity contribution in [2.24, 2.45) is 11.8 Å². The molecule has 0 N–H and O–H groups in total. The molecule has 0 bridgehead atoms. The van der Waals surface area contributed by atoms with Gasteiger partial charge in [-0.3, -0.25) is 14.4 Å². The van der Waals surface area contributed by atoms with E-state index in [4.69, 9.17) is 9.47 Å². The molecular formula is C46H87F3N2O5. The molecule has 1 amide bonds. The number of carbonyl (C=O) groups excluding carboxylic acids is 3. The summed E-state index contributed by atoms with van der Waals surface area (Å²) in [6, 6.07) is -0.105. The number of hydrogen-bond donors (Lipinski definition) is 0. The van der Waals surface area contributed by atoms with Gasteiger partial charge in [-0.05, 0) is 83.7 Å². The molecule has 0 spiro atoms. The maximum atomic E-state index is 13.4. The van der Waals surface area contributed by atoms with Crippen molar-refractivity contribution in [2.45, 2.75) is 226 Å². The van der Waals surface area contributed by atoms with E-state index in [1.54, 1.807) is 0 Å². The summed E-state index contributed by atoms with van der Waals surface area (Å²) in [6.45, 7) is 10.9. The summed E-state index contributed by atoms with van der Waals surface area (Å²) in [6.07, 6.45) is 20.0. The number of amides is 1. The molecule has 10 heteroatoms. The fourth-order valence-corrected chi connectivity index (χ4v) is 7.40.